The van der Waals surface area contributed by atoms with Crippen molar-refractivity contribution in [3.05, 3.63) is 23.5 Å². The average Bonchev–Trinajstić information content (AvgIpc) is 2.14. The lowest BCUT2D eigenvalue weighted by Gasteiger charge is -1.98. The van der Waals surface area contributed by atoms with Crippen molar-refractivity contribution in [1.82, 2.24) is 10.3 Å². The SMILES string of the molecule is CC(=O)NCC#Cc1ncc(N)cc1C. The minimum atomic E-state index is -0.0914. The second kappa shape index (κ2) is 5.01. The predicted molar refractivity (Wildman–Crippen MR) is 58.9 cm³/mol. The largest absolute Gasteiger partial charge is 0.397 e. The monoisotopic (exact) mass is 203 g/mol. The Balaban J connectivity index is 2.67. The highest BCUT2D eigenvalue weighted by atomic mass is 16.1. The number of amides is 1. The van der Waals surface area contributed by atoms with Gasteiger partial charge in [0.15, 0.2) is 0 Å². The maximum atomic E-state index is 10.6. The van der Waals surface area contributed by atoms with E-state index in [1.807, 2.05) is 13.0 Å². The fourth-order valence-corrected chi connectivity index (χ4v) is 1.02. The van der Waals surface area contributed by atoms with E-state index < -0.39 is 0 Å². The van der Waals surface area contributed by atoms with E-state index in [-0.39, 0.29) is 5.91 Å². The van der Waals surface area contributed by atoms with Crippen LogP contribution >= 0.6 is 0 Å². The number of nitrogens with zero attached hydrogens (tertiary/aromatic N) is 1. The highest BCUT2D eigenvalue weighted by molar-refractivity contribution is 5.73. The number of aryl methyl sites for hydroxylation is 1. The van der Waals surface area contributed by atoms with E-state index in [2.05, 4.69) is 22.1 Å². The fourth-order valence-electron chi connectivity index (χ4n) is 1.02. The first-order chi connectivity index (χ1) is 7.09. The Morgan fingerprint density at radius 3 is 3.00 bits per heavy atom. The van der Waals surface area contributed by atoms with Crippen molar-refractivity contribution in [2.45, 2.75) is 13.8 Å². The van der Waals surface area contributed by atoms with Crippen LogP contribution in [0, 0.1) is 18.8 Å². The number of aromatic nitrogens is 1. The Kier molecular flexibility index (Phi) is 3.69. The van der Waals surface area contributed by atoms with Crippen LogP contribution in [-0.2, 0) is 4.79 Å². The predicted octanol–water partition coefficient (Wildman–Crippen LogP) is 0.460. The van der Waals surface area contributed by atoms with Gasteiger partial charge in [-0.05, 0) is 24.5 Å². The third-order valence-corrected chi connectivity index (χ3v) is 1.73. The van der Waals surface area contributed by atoms with Gasteiger partial charge in [-0.3, -0.25) is 4.79 Å². The smallest absolute Gasteiger partial charge is 0.217 e. The zero-order valence-electron chi connectivity index (χ0n) is 8.79. The van der Waals surface area contributed by atoms with E-state index in [1.54, 1.807) is 6.20 Å². The summed E-state index contributed by atoms with van der Waals surface area (Å²) in [6.07, 6.45) is 1.56. The molecule has 4 nitrogen and oxygen atoms in total. The van der Waals surface area contributed by atoms with Crippen LogP contribution in [0.15, 0.2) is 12.3 Å². The van der Waals surface area contributed by atoms with Crippen molar-refractivity contribution in [3.8, 4) is 11.8 Å². The molecule has 0 spiro atoms. The molecular formula is C11H13N3O. The minimum absolute atomic E-state index is 0.0914. The van der Waals surface area contributed by atoms with Crippen LogP contribution in [0.3, 0.4) is 0 Å². The lowest BCUT2D eigenvalue weighted by molar-refractivity contribution is -0.118. The van der Waals surface area contributed by atoms with E-state index in [0.717, 1.165) is 5.56 Å². The fraction of sp³-hybridized carbons (Fsp3) is 0.273. The molecule has 0 radical (unpaired) electrons. The lowest BCUT2D eigenvalue weighted by Crippen LogP contribution is -2.19. The first-order valence-corrected chi connectivity index (χ1v) is 4.55. The molecule has 0 bridgehead atoms. The summed E-state index contributed by atoms with van der Waals surface area (Å²) in [4.78, 5) is 14.6. The highest BCUT2D eigenvalue weighted by Crippen LogP contribution is 2.06. The molecule has 0 aromatic carbocycles. The molecule has 0 fully saturated rings. The molecule has 15 heavy (non-hydrogen) atoms. The third kappa shape index (κ3) is 3.69. The number of hydrogen-bond donors (Lipinski definition) is 2. The molecule has 1 heterocycles. The standard InChI is InChI=1S/C11H13N3O/c1-8-6-10(12)7-14-11(8)4-3-5-13-9(2)15/h6-7H,5,12H2,1-2H3,(H,13,15). The number of rotatable bonds is 1. The van der Waals surface area contributed by atoms with E-state index in [0.29, 0.717) is 17.9 Å². The van der Waals surface area contributed by atoms with Gasteiger partial charge in [-0.1, -0.05) is 5.92 Å². The maximum Gasteiger partial charge on any atom is 0.217 e. The van der Waals surface area contributed by atoms with Crippen molar-refractivity contribution in [1.29, 1.82) is 0 Å². The summed E-state index contributed by atoms with van der Waals surface area (Å²) < 4.78 is 0. The minimum Gasteiger partial charge on any atom is -0.397 e. The Morgan fingerprint density at radius 2 is 2.40 bits per heavy atom. The normalized spacial score (nSPS) is 8.93. The van der Waals surface area contributed by atoms with Crippen molar-refractivity contribution in [3.63, 3.8) is 0 Å². The van der Waals surface area contributed by atoms with Crippen LogP contribution in [0.1, 0.15) is 18.2 Å². The van der Waals surface area contributed by atoms with Crippen LogP contribution in [0.4, 0.5) is 5.69 Å². The summed E-state index contributed by atoms with van der Waals surface area (Å²) in [7, 11) is 0. The maximum absolute atomic E-state index is 10.6. The summed E-state index contributed by atoms with van der Waals surface area (Å²) in [5.74, 6) is 5.58. The lowest BCUT2D eigenvalue weighted by atomic mass is 10.2. The van der Waals surface area contributed by atoms with Crippen LogP contribution in [-0.4, -0.2) is 17.4 Å². The van der Waals surface area contributed by atoms with Gasteiger partial charge < -0.3 is 11.1 Å². The van der Waals surface area contributed by atoms with Crippen LogP contribution in [0.25, 0.3) is 0 Å². The highest BCUT2D eigenvalue weighted by Gasteiger charge is 1.95. The van der Waals surface area contributed by atoms with Gasteiger partial charge in [0.2, 0.25) is 5.91 Å². The van der Waals surface area contributed by atoms with Crippen molar-refractivity contribution in [2.75, 3.05) is 12.3 Å². The summed E-state index contributed by atoms with van der Waals surface area (Å²) in [6, 6.07) is 1.81. The molecule has 0 saturated carbocycles. The van der Waals surface area contributed by atoms with Crippen LogP contribution in [0.2, 0.25) is 0 Å². The summed E-state index contributed by atoms with van der Waals surface area (Å²) >= 11 is 0. The summed E-state index contributed by atoms with van der Waals surface area (Å²) in [5.41, 5.74) is 7.80. The van der Waals surface area contributed by atoms with Crippen molar-refractivity contribution < 1.29 is 4.79 Å². The Bertz CT molecular complexity index is 429. The number of nitrogens with one attached hydrogen (secondary N) is 1. The first kappa shape index (κ1) is 11.1. The zero-order valence-corrected chi connectivity index (χ0v) is 8.79. The topological polar surface area (TPSA) is 68.0 Å². The van der Waals surface area contributed by atoms with Crippen molar-refractivity contribution in [2.24, 2.45) is 0 Å². The molecular weight excluding hydrogens is 190 g/mol. The third-order valence-electron chi connectivity index (χ3n) is 1.73. The van der Waals surface area contributed by atoms with Gasteiger partial charge in [-0.15, -0.1) is 0 Å². The Morgan fingerprint density at radius 1 is 1.67 bits per heavy atom. The summed E-state index contributed by atoms with van der Waals surface area (Å²) in [5, 5.41) is 2.58. The number of pyridine rings is 1. The molecule has 1 aromatic rings. The summed E-state index contributed by atoms with van der Waals surface area (Å²) in [6.45, 7) is 3.68. The number of anilines is 1. The molecule has 1 aromatic heterocycles. The molecule has 0 atom stereocenters. The average molecular weight is 203 g/mol. The molecule has 0 unspecified atom stereocenters. The molecule has 4 heteroatoms. The molecule has 0 saturated heterocycles. The van der Waals surface area contributed by atoms with E-state index in [1.165, 1.54) is 6.92 Å². The second-order valence-corrected chi connectivity index (χ2v) is 3.15. The van der Waals surface area contributed by atoms with Crippen LogP contribution in [0.5, 0.6) is 0 Å². The van der Waals surface area contributed by atoms with Gasteiger partial charge >= 0.3 is 0 Å². The van der Waals surface area contributed by atoms with Gasteiger partial charge in [-0.2, -0.15) is 0 Å². The van der Waals surface area contributed by atoms with Crippen molar-refractivity contribution >= 4 is 11.6 Å². The number of carbonyl (C=O) groups excluding carboxylic acids is 1. The molecule has 0 aliphatic heterocycles. The van der Waals surface area contributed by atoms with Gasteiger partial charge in [0, 0.05) is 6.92 Å². The van der Waals surface area contributed by atoms with Crippen LogP contribution < -0.4 is 11.1 Å². The Hall–Kier alpha value is -2.02. The van der Waals surface area contributed by atoms with E-state index >= 15 is 0 Å². The van der Waals surface area contributed by atoms with Gasteiger partial charge in [0.25, 0.3) is 0 Å². The zero-order chi connectivity index (χ0) is 11.3. The molecule has 0 aliphatic rings. The van der Waals surface area contributed by atoms with Gasteiger partial charge in [-0.25, -0.2) is 4.98 Å². The second-order valence-electron chi connectivity index (χ2n) is 3.15. The number of hydrogen-bond acceptors (Lipinski definition) is 3. The van der Waals surface area contributed by atoms with Gasteiger partial charge in [0.1, 0.15) is 5.69 Å². The molecule has 0 aliphatic carbocycles. The molecule has 1 rings (SSSR count). The number of carbonyl (C=O) groups is 1. The van der Waals surface area contributed by atoms with E-state index in [4.69, 9.17) is 5.73 Å². The van der Waals surface area contributed by atoms with E-state index in [9.17, 15) is 4.79 Å². The number of nitrogens with two attached hydrogens (primary N) is 1. The molecule has 1 amide bonds. The van der Waals surface area contributed by atoms with Gasteiger partial charge in [0.05, 0.1) is 18.4 Å². The Labute approximate surface area is 88.9 Å². The number of nitrogen functional groups attached to an aromatic ring is 1. The molecule has 78 valence electrons. The molecule has 3 N–H and O–H groups in total. The first-order valence-electron chi connectivity index (χ1n) is 4.55. The quantitative estimate of drug-likeness (QED) is 0.651.